The van der Waals surface area contributed by atoms with E-state index in [1.54, 1.807) is 31.2 Å². The van der Waals surface area contributed by atoms with Gasteiger partial charge in [0.1, 0.15) is 12.4 Å². The maximum absolute atomic E-state index is 12.2. The van der Waals surface area contributed by atoms with E-state index >= 15 is 0 Å². The summed E-state index contributed by atoms with van der Waals surface area (Å²) in [7, 11) is -3.33. The number of sulfonamides is 1. The van der Waals surface area contributed by atoms with Crippen LogP contribution >= 0.6 is 0 Å². The van der Waals surface area contributed by atoms with Crippen molar-refractivity contribution in [2.24, 2.45) is 0 Å². The number of para-hydroxylation sites is 1. The van der Waals surface area contributed by atoms with Crippen molar-refractivity contribution in [3.05, 3.63) is 59.7 Å². The number of rotatable bonds is 8. The molecule has 1 amide bonds. The number of hydrogen-bond donors (Lipinski definition) is 1. The van der Waals surface area contributed by atoms with Gasteiger partial charge in [0.05, 0.1) is 18.5 Å². The first-order valence-electron chi connectivity index (χ1n) is 8.37. The number of ether oxygens (including phenoxy) is 1. The molecule has 0 aliphatic rings. The molecular formula is C19H24N2O4S. The van der Waals surface area contributed by atoms with Gasteiger partial charge in [0, 0.05) is 12.1 Å². The van der Waals surface area contributed by atoms with Crippen molar-refractivity contribution in [2.75, 3.05) is 30.3 Å². The van der Waals surface area contributed by atoms with E-state index in [1.807, 2.05) is 31.2 Å². The number of nitrogens with one attached hydrogen (secondary N) is 1. The highest BCUT2D eigenvalue weighted by molar-refractivity contribution is 7.92. The molecule has 0 unspecified atom stereocenters. The fourth-order valence-corrected chi connectivity index (χ4v) is 3.51. The summed E-state index contributed by atoms with van der Waals surface area (Å²) in [6, 6.07) is 14.2. The maximum Gasteiger partial charge on any atom is 0.251 e. The van der Waals surface area contributed by atoms with Crippen molar-refractivity contribution in [1.82, 2.24) is 5.32 Å². The lowest BCUT2D eigenvalue weighted by atomic mass is 10.2. The molecule has 6 nitrogen and oxygen atoms in total. The lowest BCUT2D eigenvalue weighted by Gasteiger charge is -2.20. The van der Waals surface area contributed by atoms with Gasteiger partial charge in [0.15, 0.2) is 0 Å². The van der Waals surface area contributed by atoms with Crippen molar-refractivity contribution >= 4 is 21.6 Å². The molecule has 0 aliphatic carbocycles. The van der Waals surface area contributed by atoms with Gasteiger partial charge in [0.25, 0.3) is 5.91 Å². The molecule has 0 radical (unpaired) electrons. The molecule has 1 N–H and O–H groups in total. The summed E-state index contributed by atoms with van der Waals surface area (Å²) < 4.78 is 30.4. The van der Waals surface area contributed by atoms with Crippen LogP contribution in [-0.4, -0.2) is 40.3 Å². The predicted molar refractivity (Wildman–Crippen MR) is 103 cm³/mol. The molecule has 2 aromatic rings. The van der Waals surface area contributed by atoms with Crippen molar-refractivity contribution < 1.29 is 17.9 Å². The van der Waals surface area contributed by atoms with Gasteiger partial charge in [0.2, 0.25) is 10.0 Å². The van der Waals surface area contributed by atoms with Crippen LogP contribution in [0.2, 0.25) is 0 Å². The van der Waals surface area contributed by atoms with Gasteiger partial charge in [-0.25, -0.2) is 8.42 Å². The number of carbonyl (C=O) groups excluding carboxylic acids is 1. The van der Waals surface area contributed by atoms with Crippen LogP contribution in [0.15, 0.2) is 48.5 Å². The molecule has 0 heterocycles. The molecule has 0 spiro atoms. The van der Waals surface area contributed by atoms with Gasteiger partial charge in [-0.2, -0.15) is 0 Å². The number of aryl methyl sites for hydroxylation is 1. The van der Waals surface area contributed by atoms with E-state index in [1.165, 1.54) is 4.31 Å². The van der Waals surface area contributed by atoms with Crippen LogP contribution in [0.25, 0.3) is 0 Å². The Balaban J connectivity index is 1.89. The third kappa shape index (κ3) is 5.23. The van der Waals surface area contributed by atoms with Gasteiger partial charge in [-0.15, -0.1) is 0 Å². The largest absolute Gasteiger partial charge is 0.491 e. The standard InChI is InChI=1S/C19H24N2O4S/c1-4-21(26(3,23)24)17-11-9-16(10-12-17)19(22)20-13-14-25-18-8-6-5-7-15(18)2/h5-12H,4,13-14H2,1-3H3,(H,20,22). The number of anilines is 1. The fourth-order valence-electron chi connectivity index (χ4n) is 2.53. The number of benzene rings is 2. The van der Waals surface area contributed by atoms with Crippen LogP contribution in [0.5, 0.6) is 5.75 Å². The topological polar surface area (TPSA) is 75.7 Å². The first-order chi connectivity index (χ1) is 12.3. The van der Waals surface area contributed by atoms with E-state index in [2.05, 4.69) is 5.32 Å². The zero-order valence-electron chi connectivity index (χ0n) is 15.2. The molecule has 7 heteroatoms. The Labute approximate surface area is 154 Å². The second-order valence-corrected chi connectivity index (χ2v) is 7.75. The Kier molecular flexibility index (Phi) is 6.63. The minimum atomic E-state index is -3.33. The molecule has 0 atom stereocenters. The zero-order valence-corrected chi connectivity index (χ0v) is 16.0. The molecule has 140 valence electrons. The molecular weight excluding hydrogens is 352 g/mol. The normalized spacial score (nSPS) is 11.0. The van der Waals surface area contributed by atoms with Crippen LogP contribution in [0, 0.1) is 6.92 Å². The van der Waals surface area contributed by atoms with Crippen LogP contribution in [0.3, 0.4) is 0 Å². The highest BCUT2D eigenvalue weighted by Gasteiger charge is 2.15. The van der Waals surface area contributed by atoms with Gasteiger partial charge >= 0.3 is 0 Å². The average Bonchev–Trinajstić information content (AvgIpc) is 2.60. The third-order valence-corrected chi connectivity index (χ3v) is 5.11. The minimum absolute atomic E-state index is 0.229. The summed E-state index contributed by atoms with van der Waals surface area (Å²) in [5, 5.41) is 2.79. The number of amides is 1. The molecule has 2 aromatic carbocycles. The quantitative estimate of drug-likeness (QED) is 0.719. The molecule has 0 saturated heterocycles. The van der Waals surface area contributed by atoms with E-state index in [4.69, 9.17) is 4.74 Å². The summed E-state index contributed by atoms with van der Waals surface area (Å²) in [6.45, 7) is 4.80. The highest BCUT2D eigenvalue weighted by atomic mass is 32.2. The summed E-state index contributed by atoms with van der Waals surface area (Å²) in [5.74, 6) is 0.568. The van der Waals surface area contributed by atoms with E-state index in [0.717, 1.165) is 17.6 Å². The molecule has 0 fully saturated rings. The fraction of sp³-hybridized carbons (Fsp3) is 0.316. The monoisotopic (exact) mass is 376 g/mol. The second-order valence-electron chi connectivity index (χ2n) is 5.84. The van der Waals surface area contributed by atoms with Crippen LogP contribution in [0.4, 0.5) is 5.69 Å². The van der Waals surface area contributed by atoms with E-state index in [0.29, 0.717) is 30.9 Å². The van der Waals surface area contributed by atoms with Crippen molar-refractivity contribution in [2.45, 2.75) is 13.8 Å². The molecule has 0 saturated carbocycles. The smallest absolute Gasteiger partial charge is 0.251 e. The Hall–Kier alpha value is -2.54. The van der Waals surface area contributed by atoms with Crippen molar-refractivity contribution in [1.29, 1.82) is 0 Å². The summed E-state index contributed by atoms with van der Waals surface area (Å²) in [5.41, 5.74) is 2.05. The van der Waals surface area contributed by atoms with Gasteiger partial charge in [-0.1, -0.05) is 18.2 Å². The number of hydrogen-bond acceptors (Lipinski definition) is 4. The van der Waals surface area contributed by atoms with Gasteiger partial charge in [-0.3, -0.25) is 9.10 Å². The summed E-state index contributed by atoms with van der Waals surface area (Å²) >= 11 is 0. The number of nitrogens with zero attached hydrogens (tertiary/aromatic N) is 1. The van der Waals surface area contributed by atoms with Crippen molar-refractivity contribution in [3.8, 4) is 5.75 Å². The highest BCUT2D eigenvalue weighted by Crippen LogP contribution is 2.18. The second kappa shape index (κ2) is 8.71. The third-order valence-electron chi connectivity index (χ3n) is 3.84. The Bertz CT molecular complexity index is 848. The van der Waals surface area contributed by atoms with E-state index < -0.39 is 10.0 Å². The lowest BCUT2D eigenvalue weighted by molar-refractivity contribution is 0.0947. The molecule has 0 aliphatic heterocycles. The zero-order chi connectivity index (χ0) is 19.2. The molecule has 2 rings (SSSR count). The lowest BCUT2D eigenvalue weighted by Crippen LogP contribution is -2.30. The molecule has 0 aromatic heterocycles. The van der Waals surface area contributed by atoms with Crippen LogP contribution < -0.4 is 14.4 Å². The average molecular weight is 376 g/mol. The van der Waals surface area contributed by atoms with Gasteiger partial charge in [-0.05, 0) is 49.7 Å². The van der Waals surface area contributed by atoms with Gasteiger partial charge < -0.3 is 10.1 Å². The van der Waals surface area contributed by atoms with Crippen molar-refractivity contribution in [3.63, 3.8) is 0 Å². The Morgan fingerprint density at radius 3 is 2.35 bits per heavy atom. The molecule has 0 bridgehead atoms. The Morgan fingerprint density at radius 2 is 1.77 bits per heavy atom. The van der Waals surface area contributed by atoms with E-state index in [-0.39, 0.29) is 5.91 Å². The summed E-state index contributed by atoms with van der Waals surface area (Å²) in [4.78, 5) is 12.2. The first-order valence-corrected chi connectivity index (χ1v) is 10.2. The first kappa shape index (κ1) is 19.8. The van der Waals surface area contributed by atoms with Crippen LogP contribution in [-0.2, 0) is 10.0 Å². The molecule has 26 heavy (non-hydrogen) atoms. The number of carbonyl (C=O) groups is 1. The SMILES string of the molecule is CCN(c1ccc(C(=O)NCCOc2ccccc2C)cc1)S(C)(=O)=O. The van der Waals surface area contributed by atoms with Crippen LogP contribution in [0.1, 0.15) is 22.8 Å². The minimum Gasteiger partial charge on any atom is -0.491 e. The Morgan fingerprint density at radius 1 is 1.12 bits per heavy atom. The predicted octanol–water partition coefficient (Wildman–Crippen LogP) is 2.59. The van der Waals surface area contributed by atoms with E-state index in [9.17, 15) is 13.2 Å². The maximum atomic E-state index is 12.2. The summed E-state index contributed by atoms with van der Waals surface area (Å²) in [6.07, 6.45) is 1.16.